The highest BCUT2D eigenvalue weighted by molar-refractivity contribution is 7.19. The molecule has 2 aromatic rings. The van der Waals surface area contributed by atoms with Crippen LogP contribution in [0.5, 0.6) is 0 Å². The highest BCUT2D eigenvalue weighted by Crippen LogP contribution is 2.45. The second-order valence-electron chi connectivity index (χ2n) is 5.85. The van der Waals surface area contributed by atoms with Gasteiger partial charge in [-0.05, 0) is 36.7 Å². The van der Waals surface area contributed by atoms with E-state index in [4.69, 9.17) is 23.2 Å². The smallest absolute Gasteiger partial charge is 0.316 e. The van der Waals surface area contributed by atoms with Gasteiger partial charge in [0.15, 0.2) is 5.13 Å². The third-order valence-electron chi connectivity index (χ3n) is 4.46. The number of rotatable bonds is 1. The van der Waals surface area contributed by atoms with Gasteiger partial charge < -0.3 is 5.32 Å². The van der Waals surface area contributed by atoms with Crippen molar-refractivity contribution in [2.45, 2.75) is 11.8 Å². The van der Waals surface area contributed by atoms with Gasteiger partial charge in [-0.2, -0.15) is 0 Å². The van der Waals surface area contributed by atoms with E-state index >= 15 is 0 Å². The van der Waals surface area contributed by atoms with E-state index in [-0.39, 0.29) is 11.4 Å². The maximum absolute atomic E-state index is 12.7. The normalized spacial score (nSPS) is 22.6. The Morgan fingerprint density at radius 3 is 3.00 bits per heavy atom. The van der Waals surface area contributed by atoms with Crippen molar-refractivity contribution in [2.24, 2.45) is 0 Å². The molecule has 1 spiro atoms. The molecule has 2 aliphatic rings. The topological polar surface area (TPSA) is 57.3 Å². The minimum atomic E-state index is -0.191. The third kappa shape index (κ3) is 2.59. The Morgan fingerprint density at radius 2 is 2.30 bits per heavy atom. The molecule has 2 N–H and O–H groups in total. The fraction of sp³-hybridized carbons (Fsp3) is 0.333. The molecule has 0 bridgehead atoms. The molecule has 1 saturated heterocycles. The lowest BCUT2D eigenvalue weighted by atomic mass is 9.82. The number of nitrogens with zero attached hydrogens (tertiary/aromatic N) is 2. The van der Waals surface area contributed by atoms with Crippen LogP contribution in [0.3, 0.4) is 0 Å². The second-order valence-corrected chi connectivity index (χ2v) is 7.95. The summed E-state index contributed by atoms with van der Waals surface area (Å²) < 4.78 is 0.547. The van der Waals surface area contributed by atoms with E-state index < -0.39 is 0 Å². The van der Waals surface area contributed by atoms with Crippen LogP contribution >= 0.6 is 34.5 Å². The molecule has 1 atom stereocenters. The maximum atomic E-state index is 12.7. The zero-order valence-corrected chi connectivity index (χ0v) is 14.4. The summed E-state index contributed by atoms with van der Waals surface area (Å²) in [6, 6.07) is 5.53. The first-order valence-electron chi connectivity index (χ1n) is 7.28. The van der Waals surface area contributed by atoms with Gasteiger partial charge in [0.1, 0.15) is 4.34 Å². The number of benzene rings is 1. The Labute approximate surface area is 147 Å². The van der Waals surface area contributed by atoms with Crippen molar-refractivity contribution in [2.75, 3.05) is 29.9 Å². The molecule has 1 aromatic carbocycles. The zero-order valence-electron chi connectivity index (χ0n) is 12.1. The van der Waals surface area contributed by atoms with Gasteiger partial charge in [0, 0.05) is 29.2 Å². The van der Waals surface area contributed by atoms with Gasteiger partial charge in [-0.3, -0.25) is 10.2 Å². The van der Waals surface area contributed by atoms with Gasteiger partial charge in [0.05, 0.1) is 6.20 Å². The molecule has 1 aromatic heterocycles. The van der Waals surface area contributed by atoms with Crippen LogP contribution in [0.1, 0.15) is 12.0 Å². The number of amides is 2. The van der Waals surface area contributed by atoms with Gasteiger partial charge in [0.2, 0.25) is 0 Å². The maximum Gasteiger partial charge on any atom is 0.328 e. The summed E-state index contributed by atoms with van der Waals surface area (Å²) in [5.41, 5.74) is 2.00. The first-order valence-corrected chi connectivity index (χ1v) is 8.85. The van der Waals surface area contributed by atoms with Gasteiger partial charge in [0.25, 0.3) is 0 Å². The fourth-order valence-corrected chi connectivity index (χ4v) is 4.38. The van der Waals surface area contributed by atoms with E-state index in [9.17, 15) is 4.79 Å². The minimum absolute atomic E-state index is 0.0574. The molecule has 2 amide bonds. The minimum Gasteiger partial charge on any atom is -0.316 e. The summed E-state index contributed by atoms with van der Waals surface area (Å²) in [5, 5.41) is 7.42. The van der Waals surface area contributed by atoms with E-state index in [0.29, 0.717) is 21.0 Å². The van der Waals surface area contributed by atoms with Crippen LogP contribution < -0.4 is 15.5 Å². The Kier molecular flexibility index (Phi) is 3.72. The standard InChI is InChI=1S/C15H14Cl2N4OS/c16-9-1-2-11-10(5-9)15(3-4-18-7-15)8-21(11)14(22)20-13-19-6-12(17)23-13/h1-2,5-6,18H,3-4,7-8H2,(H,19,20,22)/t15-/m1/s1. The molecule has 0 unspecified atom stereocenters. The van der Waals surface area contributed by atoms with Crippen molar-refractivity contribution in [3.05, 3.63) is 39.3 Å². The van der Waals surface area contributed by atoms with Crippen LogP contribution in [-0.2, 0) is 5.41 Å². The van der Waals surface area contributed by atoms with E-state index in [0.717, 1.165) is 30.8 Å². The number of nitrogens with one attached hydrogen (secondary N) is 2. The number of thiazole rings is 1. The predicted octanol–water partition coefficient (Wildman–Crippen LogP) is 3.73. The van der Waals surface area contributed by atoms with Crippen molar-refractivity contribution in [1.82, 2.24) is 10.3 Å². The van der Waals surface area contributed by atoms with Crippen LogP contribution in [0, 0.1) is 0 Å². The Hall–Kier alpha value is -1.34. The van der Waals surface area contributed by atoms with Gasteiger partial charge in [-0.15, -0.1) is 0 Å². The summed E-state index contributed by atoms with van der Waals surface area (Å²) in [6.45, 7) is 2.44. The monoisotopic (exact) mass is 368 g/mol. The summed E-state index contributed by atoms with van der Waals surface area (Å²) in [4.78, 5) is 18.5. The van der Waals surface area contributed by atoms with Crippen LogP contribution in [0.2, 0.25) is 9.36 Å². The number of aromatic nitrogens is 1. The fourth-order valence-electron chi connectivity index (χ4n) is 3.40. The van der Waals surface area contributed by atoms with Crippen molar-refractivity contribution < 1.29 is 4.79 Å². The molecule has 0 saturated carbocycles. The number of urea groups is 1. The summed E-state index contributed by atoms with van der Waals surface area (Å²) in [6.07, 6.45) is 2.52. The van der Waals surface area contributed by atoms with Crippen LogP contribution in [-0.4, -0.2) is 30.6 Å². The molecule has 120 valence electrons. The average Bonchev–Trinajstić information content (AvgIpc) is 3.22. The molecule has 4 rings (SSSR count). The van der Waals surface area contributed by atoms with Gasteiger partial charge in [-0.1, -0.05) is 34.5 Å². The first-order chi connectivity index (χ1) is 11.1. The summed E-state index contributed by atoms with van der Waals surface area (Å²) in [5.74, 6) is 0. The number of halogens is 2. The van der Waals surface area contributed by atoms with Crippen LogP contribution in [0.4, 0.5) is 15.6 Å². The highest BCUT2D eigenvalue weighted by Gasteiger charge is 2.46. The number of hydrogen-bond acceptors (Lipinski definition) is 4. The van der Waals surface area contributed by atoms with E-state index in [1.807, 2.05) is 18.2 Å². The van der Waals surface area contributed by atoms with Crippen LogP contribution in [0.25, 0.3) is 0 Å². The zero-order chi connectivity index (χ0) is 16.0. The van der Waals surface area contributed by atoms with Gasteiger partial charge >= 0.3 is 6.03 Å². The molecular weight excluding hydrogens is 355 g/mol. The average molecular weight is 369 g/mol. The van der Waals surface area contributed by atoms with Crippen molar-refractivity contribution in [1.29, 1.82) is 0 Å². The Morgan fingerprint density at radius 1 is 1.43 bits per heavy atom. The molecule has 8 heteroatoms. The van der Waals surface area contributed by atoms with E-state index in [2.05, 4.69) is 15.6 Å². The largest absolute Gasteiger partial charge is 0.328 e. The lowest BCUT2D eigenvalue weighted by Crippen LogP contribution is -2.40. The number of anilines is 2. The predicted molar refractivity (Wildman–Crippen MR) is 94.1 cm³/mol. The molecule has 5 nitrogen and oxygen atoms in total. The molecule has 1 fully saturated rings. The molecule has 0 aliphatic carbocycles. The summed E-state index contributed by atoms with van der Waals surface area (Å²) in [7, 11) is 0. The van der Waals surface area contributed by atoms with E-state index in [1.54, 1.807) is 4.90 Å². The van der Waals surface area contributed by atoms with Crippen molar-refractivity contribution in [3.8, 4) is 0 Å². The van der Waals surface area contributed by atoms with Gasteiger partial charge in [-0.25, -0.2) is 9.78 Å². The molecule has 0 radical (unpaired) electrons. The summed E-state index contributed by atoms with van der Waals surface area (Å²) >= 11 is 13.3. The first kappa shape index (κ1) is 15.2. The van der Waals surface area contributed by atoms with Crippen LogP contribution in [0.15, 0.2) is 24.4 Å². The number of carbonyl (C=O) groups excluding carboxylic acids is 1. The molecular formula is C15H14Cl2N4OS. The molecule has 23 heavy (non-hydrogen) atoms. The molecule has 2 aliphatic heterocycles. The lowest BCUT2D eigenvalue weighted by molar-refractivity contribution is 0.256. The van der Waals surface area contributed by atoms with Crippen molar-refractivity contribution in [3.63, 3.8) is 0 Å². The highest BCUT2D eigenvalue weighted by atomic mass is 35.5. The van der Waals surface area contributed by atoms with E-state index in [1.165, 1.54) is 17.5 Å². The SMILES string of the molecule is O=C(Nc1ncc(Cl)s1)N1C[C@]2(CCNC2)c2cc(Cl)ccc21. The number of carbonyl (C=O) groups is 1. The lowest BCUT2D eigenvalue weighted by Gasteiger charge is -2.23. The number of fused-ring (bicyclic) bond motifs is 2. The number of hydrogen-bond donors (Lipinski definition) is 2. The van der Waals surface area contributed by atoms with Crippen molar-refractivity contribution >= 4 is 51.4 Å². The second kappa shape index (κ2) is 5.63. The third-order valence-corrected chi connectivity index (χ3v) is 5.73. The Bertz CT molecular complexity index is 773. The molecule has 3 heterocycles. The Balaban J connectivity index is 1.66. The quantitative estimate of drug-likeness (QED) is 0.805.